The van der Waals surface area contributed by atoms with Gasteiger partial charge in [0.05, 0.1) is 35.1 Å². The molecule has 0 spiro atoms. The maximum Gasteiger partial charge on any atom is 0.260 e. The highest BCUT2D eigenvalue weighted by Gasteiger charge is 2.27. The maximum atomic E-state index is 13.4. The lowest BCUT2D eigenvalue weighted by Crippen LogP contribution is -2.24. The summed E-state index contributed by atoms with van der Waals surface area (Å²) >= 11 is 0. The molecule has 2 aromatic rings. The number of aliphatic hydroxyl groups excluding tert-OH is 1. The number of aryl methyl sites for hydroxylation is 1. The van der Waals surface area contributed by atoms with Crippen molar-refractivity contribution in [3.63, 3.8) is 0 Å². The Labute approximate surface area is 175 Å². The molecule has 0 bridgehead atoms. The summed E-state index contributed by atoms with van der Waals surface area (Å²) in [6.45, 7) is 1.48. The Morgan fingerprint density at radius 2 is 1.93 bits per heavy atom. The molecule has 1 aromatic heterocycles. The van der Waals surface area contributed by atoms with Gasteiger partial charge in [0, 0.05) is 0 Å². The predicted octanol–water partition coefficient (Wildman–Crippen LogP) is 3.11. The maximum absolute atomic E-state index is 13.4. The number of benzene rings is 1. The van der Waals surface area contributed by atoms with Crippen LogP contribution in [0.1, 0.15) is 41.7 Å². The Balaban J connectivity index is 1.83. The van der Waals surface area contributed by atoms with Gasteiger partial charge in [-0.05, 0) is 68.9 Å². The largest absolute Gasteiger partial charge is 0.496 e. The lowest BCUT2D eigenvalue weighted by molar-refractivity contribution is 0.102. The first-order valence-corrected chi connectivity index (χ1v) is 11.4. The van der Waals surface area contributed by atoms with Gasteiger partial charge in [-0.3, -0.25) is 4.79 Å². The third-order valence-electron chi connectivity index (χ3n) is 5.31. The van der Waals surface area contributed by atoms with Crippen LogP contribution in [0.3, 0.4) is 0 Å². The van der Waals surface area contributed by atoms with Crippen LogP contribution in [0, 0.1) is 18.7 Å². The van der Waals surface area contributed by atoms with E-state index in [4.69, 9.17) is 4.74 Å². The second-order valence-corrected chi connectivity index (χ2v) is 9.57. The van der Waals surface area contributed by atoms with Crippen molar-refractivity contribution in [3.8, 4) is 5.75 Å². The van der Waals surface area contributed by atoms with E-state index in [9.17, 15) is 22.7 Å². The van der Waals surface area contributed by atoms with E-state index in [2.05, 4.69) is 10.3 Å². The van der Waals surface area contributed by atoms with Crippen LogP contribution in [0.25, 0.3) is 0 Å². The van der Waals surface area contributed by atoms with Crippen molar-refractivity contribution in [2.24, 2.45) is 5.92 Å². The molecule has 162 valence electrons. The van der Waals surface area contributed by atoms with Gasteiger partial charge in [-0.25, -0.2) is 17.8 Å². The zero-order valence-electron chi connectivity index (χ0n) is 16.9. The van der Waals surface area contributed by atoms with Gasteiger partial charge in [0.2, 0.25) is 0 Å². The van der Waals surface area contributed by atoms with Gasteiger partial charge >= 0.3 is 0 Å². The number of nitrogens with one attached hydrogen (secondary N) is 1. The summed E-state index contributed by atoms with van der Waals surface area (Å²) in [5.74, 6) is -0.798. The van der Waals surface area contributed by atoms with Gasteiger partial charge in [-0.15, -0.1) is 0 Å². The smallest absolute Gasteiger partial charge is 0.260 e. The number of carbonyl (C=O) groups excluding carboxylic acids is 1. The van der Waals surface area contributed by atoms with E-state index in [1.807, 2.05) is 0 Å². The highest BCUT2D eigenvalue weighted by atomic mass is 32.2. The number of pyridine rings is 1. The number of halogens is 1. The molecule has 1 fully saturated rings. The molecule has 0 unspecified atom stereocenters. The van der Waals surface area contributed by atoms with Crippen molar-refractivity contribution < 1.29 is 27.4 Å². The number of nitrogens with zero attached hydrogens (tertiary/aromatic N) is 1. The first kappa shape index (κ1) is 22.2. The molecule has 0 saturated heterocycles. The molecule has 0 atom stereocenters. The molecule has 1 amide bonds. The molecule has 1 aromatic carbocycles. The Bertz CT molecular complexity index is 1030. The Morgan fingerprint density at radius 3 is 2.57 bits per heavy atom. The van der Waals surface area contributed by atoms with E-state index in [-0.39, 0.29) is 45.5 Å². The standard InChI is InChI=1S/C21H25FN2O5S/c1-13-18(22)8-10-20(23-13)24-21(26)17-11-16(7-9-19(17)29-2)30(27,28)12-14-3-5-15(25)6-4-14/h7-11,14-15,25H,3-6,12H2,1-2H3,(H,23,24,26). The fourth-order valence-electron chi connectivity index (χ4n) is 3.57. The Hall–Kier alpha value is -2.52. The number of rotatable bonds is 6. The number of amides is 1. The molecular weight excluding hydrogens is 411 g/mol. The minimum absolute atomic E-state index is 0.0239. The van der Waals surface area contributed by atoms with Crippen LogP contribution >= 0.6 is 0 Å². The molecule has 7 nitrogen and oxygen atoms in total. The second kappa shape index (κ2) is 9.09. The zero-order valence-corrected chi connectivity index (χ0v) is 17.7. The molecule has 1 saturated carbocycles. The fraction of sp³-hybridized carbons (Fsp3) is 0.429. The topological polar surface area (TPSA) is 106 Å². The van der Waals surface area contributed by atoms with Crippen LogP contribution in [0.4, 0.5) is 10.2 Å². The molecule has 1 heterocycles. The van der Waals surface area contributed by atoms with Crippen molar-refractivity contribution in [2.45, 2.75) is 43.6 Å². The lowest BCUT2D eigenvalue weighted by atomic mass is 9.89. The van der Waals surface area contributed by atoms with Gasteiger partial charge in [0.1, 0.15) is 17.4 Å². The van der Waals surface area contributed by atoms with Crippen molar-refractivity contribution in [2.75, 3.05) is 18.2 Å². The van der Waals surface area contributed by atoms with Crippen molar-refractivity contribution in [1.82, 2.24) is 4.98 Å². The highest BCUT2D eigenvalue weighted by molar-refractivity contribution is 7.91. The highest BCUT2D eigenvalue weighted by Crippen LogP contribution is 2.29. The number of aliphatic hydroxyl groups is 1. The molecule has 30 heavy (non-hydrogen) atoms. The van der Waals surface area contributed by atoms with Crippen molar-refractivity contribution in [1.29, 1.82) is 0 Å². The van der Waals surface area contributed by atoms with Gasteiger partial charge in [-0.1, -0.05) is 0 Å². The van der Waals surface area contributed by atoms with Crippen LogP contribution < -0.4 is 10.1 Å². The summed E-state index contributed by atoms with van der Waals surface area (Å²) in [7, 11) is -2.24. The summed E-state index contributed by atoms with van der Waals surface area (Å²) in [4.78, 5) is 16.7. The number of hydrogen-bond acceptors (Lipinski definition) is 6. The number of ether oxygens (including phenoxy) is 1. The van der Waals surface area contributed by atoms with Gasteiger partial charge in [0.25, 0.3) is 5.91 Å². The number of hydrogen-bond donors (Lipinski definition) is 2. The van der Waals surface area contributed by atoms with Crippen LogP contribution in [-0.4, -0.2) is 43.4 Å². The number of anilines is 1. The van der Waals surface area contributed by atoms with E-state index in [1.165, 1.54) is 44.4 Å². The quantitative estimate of drug-likeness (QED) is 0.721. The van der Waals surface area contributed by atoms with Crippen LogP contribution in [0.15, 0.2) is 35.2 Å². The third-order valence-corrected chi connectivity index (χ3v) is 7.19. The average molecular weight is 437 g/mol. The van der Waals surface area contributed by atoms with Gasteiger partial charge < -0.3 is 15.2 Å². The van der Waals surface area contributed by atoms with E-state index in [0.717, 1.165) is 0 Å². The first-order valence-electron chi connectivity index (χ1n) is 9.73. The molecule has 9 heteroatoms. The molecule has 1 aliphatic rings. The number of sulfone groups is 1. The number of aromatic nitrogens is 1. The third kappa shape index (κ3) is 5.14. The Morgan fingerprint density at radius 1 is 1.23 bits per heavy atom. The van der Waals surface area contributed by atoms with Crippen LogP contribution in [-0.2, 0) is 9.84 Å². The van der Waals surface area contributed by atoms with E-state index < -0.39 is 21.6 Å². The number of carbonyl (C=O) groups is 1. The minimum atomic E-state index is -3.63. The normalized spacial score (nSPS) is 19.3. The zero-order chi connectivity index (χ0) is 21.9. The summed E-state index contributed by atoms with van der Waals surface area (Å²) in [5, 5.41) is 12.2. The van der Waals surface area contributed by atoms with Gasteiger partial charge in [-0.2, -0.15) is 0 Å². The van der Waals surface area contributed by atoms with Crippen molar-refractivity contribution in [3.05, 3.63) is 47.4 Å². The molecule has 3 rings (SSSR count). The molecule has 0 radical (unpaired) electrons. The van der Waals surface area contributed by atoms with E-state index in [0.29, 0.717) is 25.7 Å². The molecule has 1 aliphatic carbocycles. The van der Waals surface area contributed by atoms with E-state index >= 15 is 0 Å². The predicted molar refractivity (Wildman–Crippen MR) is 110 cm³/mol. The summed E-state index contributed by atoms with van der Waals surface area (Å²) in [6, 6.07) is 6.66. The lowest BCUT2D eigenvalue weighted by Gasteiger charge is -2.25. The first-order chi connectivity index (χ1) is 14.2. The second-order valence-electron chi connectivity index (χ2n) is 7.54. The summed E-state index contributed by atoms with van der Waals surface area (Å²) in [6.07, 6.45) is 2.14. The summed E-state index contributed by atoms with van der Waals surface area (Å²) in [5.41, 5.74) is 0.176. The monoisotopic (exact) mass is 436 g/mol. The fourth-order valence-corrected chi connectivity index (χ4v) is 5.29. The van der Waals surface area contributed by atoms with Crippen LogP contribution in [0.5, 0.6) is 5.75 Å². The molecule has 2 N–H and O–H groups in total. The van der Waals surface area contributed by atoms with Crippen molar-refractivity contribution >= 4 is 21.6 Å². The minimum Gasteiger partial charge on any atom is -0.496 e. The summed E-state index contributed by atoms with van der Waals surface area (Å²) < 4.78 is 44.4. The van der Waals surface area contributed by atoms with Gasteiger partial charge in [0.15, 0.2) is 9.84 Å². The SMILES string of the molecule is COc1ccc(S(=O)(=O)CC2CCC(O)CC2)cc1C(=O)Nc1ccc(F)c(C)n1. The average Bonchev–Trinajstić information content (AvgIpc) is 2.71. The molecule has 0 aliphatic heterocycles. The van der Waals surface area contributed by atoms with Crippen LogP contribution in [0.2, 0.25) is 0 Å². The number of methoxy groups -OCH3 is 1. The van der Waals surface area contributed by atoms with E-state index in [1.54, 1.807) is 0 Å². The molecular formula is C21H25FN2O5S. The Kier molecular flexibility index (Phi) is 6.72.